The molecule has 1 aromatic carbocycles. The standard InChI is InChI=1S/C19H21FN2O2/c1-12(2)24-18-6-5-13(8-17(18)20)10-22-19(23)16-9-15(16)14-4-3-7-21-11-14/h3-8,11-12,15-16H,9-10H2,1-2H3,(H,22,23)/t15-,16-/m0/s1. The van der Waals surface area contributed by atoms with Crippen molar-refractivity contribution in [1.82, 2.24) is 10.3 Å². The van der Waals surface area contributed by atoms with Gasteiger partial charge in [0.25, 0.3) is 0 Å². The Hall–Kier alpha value is -2.43. The maximum atomic E-state index is 13.9. The molecule has 5 heteroatoms. The van der Waals surface area contributed by atoms with E-state index in [1.807, 2.05) is 26.0 Å². The van der Waals surface area contributed by atoms with E-state index in [1.165, 1.54) is 6.07 Å². The van der Waals surface area contributed by atoms with Crippen molar-refractivity contribution < 1.29 is 13.9 Å². The maximum absolute atomic E-state index is 13.9. The van der Waals surface area contributed by atoms with Crippen LogP contribution >= 0.6 is 0 Å². The van der Waals surface area contributed by atoms with Crippen LogP contribution in [0.3, 0.4) is 0 Å². The van der Waals surface area contributed by atoms with Gasteiger partial charge in [-0.1, -0.05) is 12.1 Å². The van der Waals surface area contributed by atoms with Gasteiger partial charge in [0.1, 0.15) is 0 Å². The van der Waals surface area contributed by atoms with Gasteiger partial charge >= 0.3 is 0 Å². The summed E-state index contributed by atoms with van der Waals surface area (Å²) in [6.45, 7) is 4.01. The summed E-state index contributed by atoms with van der Waals surface area (Å²) in [5, 5.41) is 2.88. The van der Waals surface area contributed by atoms with Crippen molar-refractivity contribution >= 4 is 5.91 Å². The third kappa shape index (κ3) is 3.91. The number of benzene rings is 1. The van der Waals surface area contributed by atoms with Crippen molar-refractivity contribution in [3.8, 4) is 5.75 Å². The molecule has 24 heavy (non-hydrogen) atoms. The Bertz CT molecular complexity index is 719. The Morgan fingerprint density at radius 1 is 1.42 bits per heavy atom. The molecule has 0 unspecified atom stereocenters. The molecular formula is C19H21FN2O2. The molecule has 1 aliphatic rings. The zero-order valence-corrected chi connectivity index (χ0v) is 13.8. The lowest BCUT2D eigenvalue weighted by atomic mass is 10.1. The third-order valence-electron chi connectivity index (χ3n) is 4.07. The first kappa shape index (κ1) is 16.4. The molecule has 3 rings (SSSR count). The lowest BCUT2D eigenvalue weighted by Gasteiger charge is -2.12. The fraction of sp³-hybridized carbons (Fsp3) is 0.368. The number of carbonyl (C=O) groups excluding carboxylic acids is 1. The Kier molecular flexibility index (Phi) is 4.79. The molecule has 2 atom stereocenters. The lowest BCUT2D eigenvalue weighted by molar-refractivity contribution is -0.122. The van der Waals surface area contributed by atoms with E-state index >= 15 is 0 Å². The highest BCUT2D eigenvalue weighted by molar-refractivity contribution is 5.82. The van der Waals surface area contributed by atoms with Gasteiger partial charge in [-0.3, -0.25) is 9.78 Å². The molecule has 0 aliphatic heterocycles. The van der Waals surface area contributed by atoms with Crippen LogP contribution in [0.15, 0.2) is 42.7 Å². The van der Waals surface area contributed by atoms with E-state index < -0.39 is 5.82 Å². The van der Waals surface area contributed by atoms with E-state index in [0.717, 1.165) is 17.5 Å². The van der Waals surface area contributed by atoms with Crippen LogP contribution in [0.1, 0.15) is 37.3 Å². The molecule has 1 fully saturated rings. The number of nitrogens with one attached hydrogen (secondary N) is 1. The summed E-state index contributed by atoms with van der Waals surface area (Å²) in [5.41, 5.74) is 1.81. The molecule has 1 saturated carbocycles. The maximum Gasteiger partial charge on any atom is 0.224 e. The van der Waals surface area contributed by atoms with Crippen LogP contribution in [0.4, 0.5) is 4.39 Å². The third-order valence-corrected chi connectivity index (χ3v) is 4.07. The summed E-state index contributed by atoms with van der Waals surface area (Å²) in [6.07, 6.45) is 4.29. The minimum atomic E-state index is -0.407. The van der Waals surface area contributed by atoms with E-state index in [2.05, 4.69) is 10.3 Å². The Balaban J connectivity index is 1.53. The highest BCUT2D eigenvalue weighted by Crippen LogP contribution is 2.47. The molecule has 1 amide bonds. The zero-order chi connectivity index (χ0) is 17.1. The first-order valence-electron chi connectivity index (χ1n) is 8.17. The van der Waals surface area contributed by atoms with Crippen LogP contribution in [0, 0.1) is 11.7 Å². The van der Waals surface area contributed by atoms with Gasteiger partial charge in [0.15, 0.2) is 11.6 Å². The van der Waals surface area contributed by atoms with Crippen molar-refractivity contribution in [2.24, 2.45) is 5.92 Å². The van der Waals surface area contributed by atoms with Crippen molar-refractivity contribution in [2.75, 3.05) is 0 Å². The monoisotopic (exact) mass is 328 g/mol. The average molecular weight is 328 g/mol. The van der Waals surface area contributed by atoms with Gasteiger partial charge in [0.2, 0.25) is 5.91 Å². The molecule has 1 aliphatic carbocycles. The fourth-order valence-corrected chi connectivity index (χ4v) is 2.77. The molecule has 2 aromatic rings. The Morgan fingerprint density at radius 3 is 2.92 bits per heavy atom. The van der Waals surface area contributed by atoms with Crippen LogP contribution in [-0.4, -0.2) is 17.0 Å². The summed E-state index contributed by atoms with van der Waals surface area (Å²) in [6, 6.07) is 8.66. The predicted molar refractivity (Wildman–Crippen MR) is 89.1 cm³/mol. The molecule has 4 nitrogen and oxygen atoms in total. The lowest BCUT2D eigenvalue weighted by Crippen LogP contribution is -2.25. The van der Waals surface area contributed by atoms with Crippen LogP contribution in [0.5, 0.6) is 5.75 Å². The number of rotatable bonds is 6. The number of hydrogen-bond donors (Lipinski definition) is 1. The number of halogens is 1. The van der Waals surface area contributed by atoms with Crippen LogP contribution in [0.2, 0.25) is 0 Å². The molecular weight excluding hydrogens is 307 g/mol. The molecule has 1 N–H and O–H groups in total. The zero-order valence-electron chi connectivity index (χ0n) is 13.8. The number of hydrogen-bond acceptors (Lipinski definition) is 3. The average Bonchev–Trinajstić information content (AvgIpc) is 3.36. The normalized spacial score (nSPS) is 19.2. The number of aromatic nitrogens is 1. The van der Waals surface area contributed by atoms with Crippen LogP contribution in [0.25, 0.3) is 0 Å². The Labute approximate surface area is 141 Å². The summed E-state index contributed by atoms with van der Waals surface area (Å²) < 4.78 is 19.3. The van der Waals surface area contributed by atoms with Crippen LogP contribution in [-0.2, 0) is 11.3 Å². The van der Waals surface area contributed by atoms with Gasteiger partial charge in [0, 0.05) is 24.9 Å². The second kappa shape index (κ2) is 6.99. The second-order valence-corrected chi connectivity index (χ2v) is 6.38. The van der Waals surface area contributed by atoms with E-state index in [-0.39, 0.29) is 29.6 Å². The quantitative estimate of drug-likeness (QED) is 0.884. The topological polar surface area (TPSA) is 51.2 Å². The van der Waals surface area contributed by atoms with Crippen molar-refractivity contribution in [1.29, 1.82) is 0 Å². The van der Waals surface area contributed by atoms with Gasteiger partial charge in [-0.05, 0) is 55.5 Å². The largest absolute Gasteiger partial charge is 0.488 e. The summed E-state index contributed by atoms with van der Waals surface area (Å²) in [7, 11) is 0. The first-order valence-corrected chi connectivity index (χ1v) is 8.17. The molecule has 126 valence electrons. The smallest absolute Gasteiger partial charge is 0.224 e. The number of nitrogens with zero attached hydrogens (tertiary/aromatic N) is 1. The van der Waals surface area contributed by atoms with Gasteiger partial charge < -0.3 is 10.1 Å². The second-order valence-electron chi connectivity index (χ2n) is 6.38. The minimum Gasteiger partial charge on any atom is -0.488 e. The van der Waals surface area contributed by atoms with Gasteiger partial charge in [-0.2, -0.15) is 0 Å². The molecule has 0 bridgehead atoms. The van der Waals surface area contributed by atoms with Crippen molar-refractivity contribution in [3.05, 3.63) is 59.7 Å². The summed E-state index contributed by atoms with van der Waals surface area (Å²) >= 11 is 0. The van der Waals surface area contributed by atoms with Gasteiger partial charge in [0.05, 0.1) is 6.10 Å². The summed E-state index contributed by atoms with van der Waals surface area (Å²) in [4.78, 5) is 16.3. The highest BCUT2D eigenvalue weighted by atomic mass is 19.1. The predicted octanol–water partition coefficient (Wildman–Crippen LogP) is 3.43. The van der Waals surface area contributed by atoms with E-state index in [1.54, 1.807) is 24.5 Å². The van der Waals surface area contributed by atoms with Crippen LogP contribution < -0.4 is 10.1 Å². The van der Waals surface area contributed by atoms with E-state index in [0.29, 0.717) is 6.54 Å². The van der Waals surface area contributed by atoms with E-state index in [4.69, 9.17) is 4.74 Å². The first-order chi connectivity index (χ1) is 11.5. The van der Waals surface area contributed by atoms with E-state index in [9.17, 15) is 9.18 Å². The van der Waals surface area contributed by atoms with Gasteiger partial charge in [-0.25, -0.2) is 4.39 Å². The van der Waals surface area contributed by atoms with Gasteiger partial charge in [-0.15, -0.1) is 0 Å². The minimum absolute atomic E-state index is 0.00627. The molecule has 0 spiro atoms. The number of pyridine rings is 1. The molecule has 1 aromatic heterocycles. The van der Waals surface area contributed by atoms with Crippen molar-refractivity contribution in [2.45, 2.75) is 38.8 Å². The number of amides is 1. The van der Waals surface area contributed by atoms with Crippen molar-refractivity contribution in [3.63, 3.8) is 0 Å². The molecule has 1 heterocycles. The number of ether oxygens (including phenoxy) is 1. The SMILES string of the molecule is CC(C)Oc1ccc(CNC(=O)[C@H]2C[C@H]2c2cccnc2)cc1F. The summed E-state index contributed by atoms with van der Waals surface area (Å²) in [5.74, 6) is 0.0700. The highest BCUT2D eigenvalue weighted by Gasteiger charge is 2.43. The Morgan fingerprint density at radius 2 is 2.25 bits per heavy atom. The molecule has 0 radical (unpaired) electrons. The number of carbonyl (C=O) groups is 1. The molecule has 0 saturated heterocycles. The fourth-order valence-electron chi connectivity index (χ4n) is 2.77.